The van der Waals surface area contributed by atoms with Crippen LogP contribution < -0.4 is 4.72 Å². The number of rotatable bonds is 4. The van der Waals surface area contributed by atoms with Crippen LogP contribution in [0.3, 0.4) is 0 Å². The highest BCUT2D eigenvalue weighted by Gasteiger charge is 2.03. The minimum Gasteiger partial charge on any atom is -0.218 e. The number of alkyl halides is 1. The first-order valence-electron chi connectivity index (χ1n) is 2.59. The maximum absolute atomic E-state index is 10.6. The molecule has 0 saturated heterocycles. The van der Waals surface area contributed by atoms with E-state index in [1.165, 1.54) is 7.05 Å². The molecule has 3 nitrogen and oxygen atoms in total. The first-order valence-corrected chi connectivity index (χ1v) is 5.37. The van der Waals surface area contributed by atoms with Gasteiger partial charge in [-0.25, -0.2) is 13.1 Å². The predicted octanol–water partition coefficient (Wildman–Crippen LogP) is 0.321. The minimum absolute atomic E-state index is 0.203. The first kappa shape index (κ1) is 9.39. The third-order valence-electron chi connectivity index (χ3n) is 0.858. The third kappa shape index (κ3) is 4.87. The average molecular weight is 216 g/mol. The van der Waals surface area contributed by atoms with E-state index in [1.54, 1.807) is 0 Å². The van der Waals surface area contributed by atoms with E-state index in [9.17, 15) is 8.42 Å². The van der Waals surface area contributed by atoms with Crippen LogP contribution in [0.2, 0.25) is 0 Å². The van der Waals surface area contributed by atoms with Gasteiger partial charge in [0.05, 0.1) is 5.75 Å². The standard InChI is InChI=1S/C4H10BrNO2S/c1-6-9(7,8)4-2-3-5/h6H,2-4H2,1H3. The zero-order chi connectivity index (χ0) is 7.33. The molecule has 0 rings (SSSR count). The first-order chi connectivity index (χ1) is 4.12. The quantitative estimate of drug-likeness (QED) is 0.688. The SMILES string of the molecule is CNS(=O)(=O)CCCBr. The number of sulfonamides is 1. The molecule has 0 spiro atoms. The summed E-state index contributed by atoms with van der Waals surface area (Å²) >= 11 is 3.14. The lowest BCUT2D eigenvalue weighted by atomic mass is 10.6. The van der Waals surface area contributed by atoms with Gasteiger partial charge in [-0.2, -0.15) is 0 Å². The summed E-state index contributed by atoms with van der Waals surface area (Å²) < 4.78 is 23.5. The molecule has 0 aromatic carbocycles. The van der Waals surface area contributed by atoms with Crippen molar-refractivity contribution in [1.29, 1.82) is 0 Å². The van der Waals surface area contributed by atoms with Crippen LogP contribution in [-0.2, 0) is 10.0 Å². The maximum atomic E-state index is 10.6. The van der Waals surface area contributed by atoms with E-state index in [0.717, 1.165) is 5.33 Å². The van der Waals surface area contributed by atoms with Gasteiger partial charge in [-0.1, -0.05) is 15.9 Å². The molecule has 0 fully saturated rings. The average Bonchev–Trinajstić information content (AvgIpc) is 1.84. The molecule has 0 bridgehead atoms. The molecule has 5 heteroatoms. The Kier molecular flexibility index (Phi) is 4.43. The van der Waals surface area contributed by atoms with Crippen molar-refractivity contribution in [1.82, 2.24) is 4.72 Å². The van der Waals surface area contributed by atoms with Gasteiger partial charge >= 0.3 is 0 Å². The lowest BCUT2D eigenvalue weighted by Gasteiger charge is -1.97. The van der Waals surface area contributed by atoms with Crippen LogP contribution in [0.25, 0.3) is 0 Å². The van der Waals surface area contributed by atoms with E-state index >= 15 is 0 Å². The fourth-order valence-corrected chi connectivity index (χ4v) is 1.73. The van der Waals surface area contributed by atoms with E-state index in [1.807, 2.05) is 0 Å². The summed E-state index contributed by atoms with van der Waals surface area (Å²) in [6, 6.07) is 0. The highest BCUT2D eigenvalue weighted by Crippen LogP contribution is 1.91. The molecule has 0 amide bonds. The van der Waals surface area contributed by atoms with Crippen molar-refractivity contribution in [3.05, 3.63) is 0 Å². The van der Waals surface area contributed by atoms with Gasteiger partial charge in [0.1, 0.15) is 0 Å². The second-order valence-corrected chi connectivity index (χ2v) is 4.40. The number of hydrogen-bond donors (Lipinski definition) is 1. The summed E-state index contributed by atoms with van der Waals surface area (Å²) in [6.45, 7) is 0. The zero-order valence-corrected chi connectivity index (χ0v) is 7.63. The van der Waals surface area contributed by atoms with Crippen molar-refractivity contribution in [2.75, 3.05) is 18.1 Å². The van der Waals surface area contributed by atoms with E-state index in [-0.39, 0.29) is 5.75 Å². The van der Waals surface area contributed by atoms with Gasteiger partial charge in [0.15, 0.2) is 0 Å². The summed E-state index contributed by atoms with van der Waals surface area (Å²) in [5, 5.41) is 0.730. The molecule has 0 aromatic heterocycles. The smallest absolute Gasteiger partial charge is 0.211 e. The Balaban J connectivity index is 3.61. The molecule has 1 N–H and O–H groups in total. The van der Waals surface area contributed by atoms with Crippen molar-refractivity contribution in [2.24, 2.45) is 0 Å². The van der Waals surface area contributed by atoms with Crippen LogP contribution in [0.1, 0.15) is 6.42 Å². The molecule has 0 saturated carbocycles. The molecule has 0 aliphatic heterocycles. The Labute approximate surface area is 64.0 Å². The largest absolute Gasteiger partial charge is 0.218 e. The highest BCUT2D eigenvalue weighted by atomic mass is 79.9. The molecule has 0 aliphatic rings. The zero-order valence-electron chi connectivity index (χ0n) is 5.22. The minimum atomic E-state index is -2.96. The van der Waals surface area contributed by atoms with Crippen molar-refractivity contribution < 1.29 is 8.42 Å². The Hall–Kier alpha value is 0.390. The number of hydrogen-bond acceptors (Lipinski definition) is 2. The van der Waals surface area contributed by atoms with Gasteiger partial charge in [-0.3, -0.25) is 0 Å². The Bertz CT molecular complexity index is 154. The Morgan fingerprint density at radius 1 is 1.56 bits per heavy atom. The summed E-state index contributed by atoms with van der Waals surface area (Å²) in [5.41, 5.74) is 0. The Morgan fingerprint density at radius 3 is 2.44 bits per heavy atom. The molecule has 0 atom stereocenters. The van der Waals surface area contributed by atoms with Crippen LogP contribution in [0.5, 0.6) is 0 Å². The van der Waals surface area contributed by atoms with Crippen molar-refractivity contribution in [2.45, 2.75) is 6.42 Å². The monoisotopic (exact) mass is 215 g/mol. The van der Waals surface area contributed by atoms with Gasteiger partial charge in [0.25, 0.3) is 0 Å². The fourth-order valence-electron chi connectivity index (χ4n) is 0.347. The van der Waals surface area contributed by atoms with Gasteiger partial charge < -0.3 is 0 Å². The molecule has 9 heavy (non-hydrogen) atoms. The predicted molar refractivity (Wildman–Crippen MR) is 41.3 cm³/mol. The van der Waals surface area contributed by atoms with Crippen molar-refractivity contribution >= 4 is 26.0 Å². The van der Waals surface area contributed by atoms with Crippen LogP contribution >= 0.6 is 15.9 Å². The van der Waals surface area contributed by atoms with Crippen LogP contribution in [-0.4, -0.2) is 26.5 Å². The topological polar surface area (TPSA) is 46.2 Å². The molecule has 0 aliphatic carbocycles. The molecule has 0 aromatic rings. The second kappa shape index (κ2) is 4.24. The third-order valence-corrected chi connectivity index (χ3v) is 2.87. The van der Waals surface area contributed by atoms with Crippen molar-refractivity contribution in [3.63, 3.8) is 0 Å². The fraction of sp³-hybridized carbons (Fsp3) is 1.00. The van der Waals surface area contributed by atoms with Gasteiger partial charge in [-0.15, -0.1) is 0 Å². The van der Waals surface area contributed by atoms with E-state index in [4.69, 9.17) is 0 Å². The maximum Gasteiger partial charge on any atom is 0.211 e. The summed E-state index contributed by atoms with van der Waals surface area (Å²) in [4.78, 5) is 0. The van der Waals surface area contributed by atoms with E-state index < -0.39 is 10.0 Å². The molecule has 0 radical (unpaired) electrons. The van der Waals surface area contributed by atoms with Gasteiger partial charge in [0.2, 0.25) is 10.0 Å². The van der Waals surface area contributed by atoms with E-state index in [2.05, 4.69) is 20.7 Å². The summed E-state index contributed by atoms with van der Waals surface area (Å²) in [7, 11) is -1.54. The van der Waals surface area contributed by atoms with Crippen LogP contribution in [0, 0.1) is 0 Å². The molecule has 0 heterocycles. The van der Waals surface area contributed by atoms with Gasteiger partial charge in [-0.05, 0) is 13.5 Å². The summed E-state index contributed by atoms with van der Waals surface area (Å²) in [6.07, 6.45) is 0.656. The second-order valence-electron chi connectivity index (χ2n) is 1.57. The molecule has 0 unspecified atom stereocenters. The Morgan fingerprint density at radius 2 is 2.11 bits per heavy atom. The highest BCUT2D eigenvalue weighted by molar-refractivity contribution is 9.09. The number of nitrogens with one attached hydrogen (secondary N) is 1. The molecular formula is C4H10BrNO2S. The lowest BCUT2D eigenvalue weighted by molar-refractivity contribution is 0.587. The van der Waals surface area contributed by atoms with Crippen LogP contribution in [0.15, 0.2) is 0 Å². The van der Waals surface area contributed by atoms with Gasteiger partial charge in [0, 0.05) is 5.33 Å². The lowest BCUT2D eigenvalue weighted by Crippen LogP contribution is -2.21. The molecular weight excluding hydrogens is 206 g/mol. The van der Waals surface area contributed by atoms with Crippen molar-refractivity contribution in [3.8, 4) is 0 Å². The van der Waals surface area contributed by atoms with Crippen LogP contribution in [0.4, 0.5) is 0 Å². The number of halogens is 1. The van der Waals surface area contributed by atoms with E-state index in [0.29, 0.717) is 6.42 Å². The molecule has 56 valence electrons. The summed E-state index contributed by atoms with van der Waals surface area (Å²) in [5.74, 6) is 0.203. The normalized spacial score (nSPS) is 11.8.